The largest absolute Gasteiger partial charge is 0.481 e. The van der Waals surface area contributed by atoms with E-state index in [4.69, 9.17) is 20.8 Å². The lowest BCUT2D eigenvalue weighted by Crippen LogP contribution is -2.16. The van der Waals surface area contributed by atoms with Crippen LogP contribution >= 0.6 is 11.6 Å². The van der Waals surface area contributed by atoms with Crippen molar-refractivity contribution in [2.45, 2.75) is 17.9 Å². The molecule has 2 aromatic carbocycles. The molecule has 3 rings (SSSR count). The van der Waals surface area contributed by atoms with Crippen LogP contribution in [-0.4, -0.2) is 25.2 Å². The zero-order valence-electron chi connectivity index (χ0n) is 15.6. The second kappa shape index (κ2) is 9.15. The van der Waals surface area contributed by atoms with Crippen LogP contribution in [0.15, 0.2) is 74.8 Å². The van der Waals surface area contributed by atoms with Gasteiger partial charge in [-0.3, -0.25) is 4.79 Å². The molecule has 0 aliphatic carbocycles. The quantitative estimate of drug-likeness (QED) is 0.560. The molecule has 0 amide bonds. The molecule has 0 spiro atoms. The normalized spacial score (nSPS) is 11.2. The molecule has 0 aliphatic rings. The Morgan fingerprint density at radius 2 is 1.80 bits per heavy atom. The van der Waals surface area contributed by atoms with Crippen molar-refractivity contribution in [2.24, 2.45) is 0 Å². The molecular weight excluding hydrogens is 432 g/mol. The van der Waals surface area contributed by atoms with Crippen LogP contribution in [0.3, 0.4) is 0 Å². The fourth-order valence-electron chi connectivity index (χ4n) is 2.67. The smallest absolute Gasteiger partial charge is 0.375 e. The van der Waals surface area contributed by atoms with E-state index in [2.05, 4.69) is 0 Å². The Morgan fingerprint density at radius 1 is 1.07 bits per heavy atom. The maximum Gasteiger partial charge on any atom is 0.375 e. The van der Waals surface area contributed by atoms with Gasteiger partial charge in [0, 0.05) is 17.5 Å². The highest BCUT2D eigenvalue weighted by Gasteiger charge is 2.22. The molecule has 0 fully saturated rings. The van der Waals surface area contributed by atoms with E-state index in [-0.39, 0.29) is 34.5 Å². The summed E-state index contributed by atoms with van der Waals surface area (Å²) in [6.45, 7) is -0.0195. The molecule has 9 heteroatoms. The summed E-state index contributed by atoms with van der Waals surface area (Å²) in [5.74, 6) is -3.06. The summed E-state index contributed by atoms with van der Waals surface area (Å²) in [6, 6.07) is 15.7. The van der Waals surface area contributed by atoms with E-state index < -0.39 is 32.7 Å². The van der Waals surface area contributed by atoms with Crippen molar-refractivity contribution in [3.05, 3.63) is 93.0 Å². The van der Waals surface area contributed by atoms with Crippen LogP contribution in [0.25, 0.3) is 0 Å². The Bertz CT molecular complexity index is 1220. The number of hydrogen-bond donors (Lipinski definition) is 1. The standard InChI is InChI=1S/C21H17ClO7S/c22-15-7-4-8-17(11-15)30(26,27)10-9-16-12-18(23)19(20(29-16)21(24)25)28-13-14-5-2-1-3-6-14/h1-8,11-12H,9-10,13H2,(H,24,25). The van der Waals surface area contributed by atoms with Crippen LogP contribution in [0, 0.1) is 0 Å². The fraction of sp³-hybridized carbons (Fsp3) is 0.143. The SMILES string of the molecule is O=C(O)c1oc(CCS(=O)(=O)c2cccc(Cl)c2)cc(=O)c1OCc1ccccc1. The zero-order valence-corrected chi connectivity index (χ0v) is 17.2. The minimum atomic E-state index is -3.71. The molecule has 0 saturated carbocycles. The van der Waals surface area contributed by atoms with E-state index in [1.165, 1.54) is 18.2 Å². The van der Waals surface area contributed by atoms with Crippen molar-refractivity contribution in [1.29, 1.82) is 0 Å². The molecule has 3 aromatic rings. The number of hydrogen-bond acceptors (Lipinski definition) is 6. The van der Waals surface area contributed by atoms with Crippen LogP contribution in [0.4, 0.5) is 0 Å². The average Bonchev–Trinajstić information content (AvgIpc) is 2.72. The average molecular weight is 449 g/mol. The number of aromatic carboxylic acids is 1. The van der Waals surface area contributed by atoms with Gasteiger partial charge in [0.1, 0.15) is 12.4 Å². The number of ether oxygens (including phenoxy) is 1. The lowest BCUT2D eigenvalue weighted by Gasteiger charge is -2.10. The maximum atomic E-state index is 12.5. The van der Waals surface area contributed by atoms with Crippen molar-refractivity contribution in [3.63, 3.8) is 0 Å². The van der Waals surface area contributed by atoms with Crippen molar-refractivity contribution < 1.29 is 27.5 Å². The van der Waals surface area contributed by atoms with Gasteiger partial charge in [-0.05, 0) is 23.8 Å². The lowest BCUT2D eigenvalue weighted by molar-refractivity contribution is 0.0647. The summed E-state index contributed by atoms with van der Waals surface area (Å²) in [5.41, 5.74) is 0.0367. The minimum Gasteiger partial charge on any atom is -0.481 e. The van der Waals surface area contributed by atoms with Gasteiger partial charge in [0.25, 0.3) is 5.76 Å². The first-order valence-corrected chi connectivity index (χ1v) is 10.8. The summed E-state index contributed by atoms with van der Waals surface area (Å²) in [5, 5.41) is 9.68. The predicted octanol–water partition coefficient (Wildman–Crippen LogP) is 3.59. The van der Waals surface area contributed by atoms with E-state index in [0.717, 1.165) is 11.6 Å². The Morgan fingerprint density at radius 3 is 2.47 bits per heavy atom. The number of benzene rings is 2. The first kappa shape index (κ1) is 21.6. The van der Waals surface area contributed by atoms with Crippen molar-refractivity contribution in [3.8, 4) is 5.75 Å². The monoisotopic (exact) mass is 448 g/mol. The summed E-state index contributed by atoms with van der Waals surface area (Å²) >= 11 is 5.83. The molecule has 0 radical (unpaired) electrons. The van der Waals surface area contributed by atoms with E-state index >= 15 is 0 Å². The van der Waals surface area contributed by atoms with Gasteiger partial charge in [-0.25, -0.2) is 13.2 Å². The van der Waals surface area contributed by atoms with E-state index in [1.54, 1.807) is 30.3 Å². The third-order valence-corrected chi connectivity index (χ3v) is 6.10. The minimum absolute atomic E-state index is 0.0195. The number of carboxylic acid groups (broad SMARTS) is 1. The highest BCUT2D eigenvalue weighted by molar-refractivity contribution is 7.91. The lowest BCUT2D eigenvalue weighted by atomic mass is 10.2. The summed E-state index contributed by atoms with van der Waals surface area (Å²) in [4.78, 5) is 24.0. The fourth-order valence-corrected chi connectivity index (χ4v) is 4.23. The van der Waals surface area contributed by atoms with E-state index in [0.29, 0.717) is 0 Å². The summed E-state index contributed by atoms with van der Waals surface area (Å²) < 4.78 is 35.6. The van der Waals surface area contributed by atoms with Gasteiger partial charge < -0.3 is 14.3 Å². The van der Waals surface area contributed by atoms with Crippen LogP contribution in [0.1, 0.15) is 21.9 Å². The van der Waals surface area contributed by atoms with Crippen molar-refractivity contribution in [2.75, 3.05) is 5.75 Å². The van der Waals surface area contributed by atoms with Gasteiger partial charge in [0.2, 0.25) is 11.2 Å². The second-order valence-corrected chi connectivity index (χ2v) is 8.89. The Labute approximate surface area is 177 Å². The Hall–Kier alpha value is -3.10. The number of sulfone groups is 1. The molecule has 0 bridgehead atoms. The van der Waals surface area contributed by atoms with Crippen molar-refractivity contribution >= 4 is 27.4 Å². The zero-order chi connectivity index (χ0) is 21.7. The van der Waals surface area contributed by atoms with Crippen LogP contribution in [-0.2, 0) is 22.9 Å². The van der Waals surface area contributed by atoms with Crippen molar-refractivity contribution in [1.82, 2.24) is 0 Å². The summed E-state index contributed by atoms with van der Waals surface area (Å²) in [6.07, 6.45) is -0.191. The molecule has 0 saturated heterocycles. The number of halogens is 1. The third-order valence-electron chi connectivity index (χ3n) is 4.15. The number of rotatable bonds is 8. The highest BCUT2D eigenvalue weighted by atomic mass is 35.5. The van der Waals surface area contributed by atoms with Crippen LogP contribution in [0.5, 0.6) is 5.75 Å². The third kappa shape index (κ3) is 5.28. The first-order valence-electron chi connectivity index (χ1n) is 8.81. The van der Waals surface area contributed by atoms with Gasteiger partial charge in [0.05, 0.1) is 10.6 Å². The number of carboxylic acids is 1. The summed E-state index contributed by atoms with van der Waals surface area (Å²) in [7, 11) is -3.71. The molecule has 0 aliphatic heterocycles. The molecule has 1 heterocycles. The molecule has 156 valence electrons. The van der Waals surface area contributed by atoms with Gasteiger partial charge >= 0.3 is 5.97 Å². The van der Waals surface area contributed by atoms with Gasteiger partial charge in [0.15, 0.2) is 9.84 Å². The molecule has 0 atom stereocenters. The second-order valence-electron chi connectivity index (χ2n) is 6.34. The number of carbonyl (C=O) groups is 1. The highest BCUT2D eigenvalue weighted by Crippen LogP contribution is 2.20. The maximum absolute atomic E-state index is 12.5. The Balaban J connectivity index is 1.81. The van der Waals surface area contributed by atoms with Gasteiger partial charge in [-0.1, -0.05) is 48.0 Å². The molecule has 1 aromatic heterocycles. The van der Waals surface area contributed by atoms with E-state index in [1.807, 2.05) is 6.07 Å². The van der Waals surface area contributed by atoms with E-state index in [9.17, 15) is 23.1 Å². The van der Waals surface area contributed by atoms with Crippen LogP contribution < -0.4 is 10.2 Å². The first-order chi connectivity index (χ1) is 14.3. The topological polar surface area (TPSA) is 111 Å². The molecule has 1 N–H and O–H groups in total. The Kier molecular flexibility index (Phi) is 6.59. The van der Waals surface area contributed by atoms with Crippen LogP contribution in [0.2, 0.25) is 5.02 Å². The molecule has 30 heavy (non-hydrogen) atoms. The molecule has 7 nitrogen and oxygen atoms in total. The number of aryl methyl sites for hydroxylation is 1. The van der Waals surface area contributed by atoms with Gasteiger partial charge in [-0.2, -0.15) is 0 Å². The van der Waals surface area contributed by atoms with Gasteiger partial charge in [-0.15, -0.1) is 0 Å². The predicted molar refractivity (Wildman–Crippen MR) is 110 cm³/mol. The molecular formula is C21H17ClO7S. The molecule has 0 unspecified atom stereocenters.